The number of thiophene rings is 1. The molecule has 0 spiro atoms. The van der Waals surface area contributed by atoms with E-state index < -0.39 is 0 Å². The molecule has 1 amide bonds. The van der Waals surface area contributed by atoms with Gasteiger partial charge in [0.25, 0.3) is 5.91 Å². The molecule has 0 saturated heterocycles. The highest BCUT2D eigenvalue weighted by atomic mass is 32.1. The molecule has 1 aromatic carbocycles. The van der Waals surface area contributed by atoms with Crippen LogP contribution in [0.2, 0.25) is 0 Å². The normalized spacial score (nSPS) is 11.4. The summed E-state index contributed by atoms with van der Waals surface area (Å²) >= 11 is 1.46. The number of rotatable bonds is 8. The molecule has 0 aliphatic carbocycles. The zero-order valence-corrected chi connectivity index (χ0v) is 18.0. The summed E-state index contributed by atoms with van der Waals surface area (Å²) in [7, 11) is 0. The van der Waals surface area contributed by atoms with Gasteiger partial charge in [0.2, 0.25) is 5.88 Å². The summed E-state index contributed by atoms with van der Waals surface area (Å²) < 4.78 is 19.2. The molecular formula is C22H26FN3O2S. The van der Waals surface area contributed by atoms with Gasteiger partial charge in [-0.25, -0.2) is 14.4 Å². The monoisotopic (exact) mass is 415 g/mol. The number of hydrogen-bond donors (Lipinski definition) is 0. The third-order valence-electron chi connectivity index (χ3n) is 4.35. The highest BCUT2D eigenvalue weighted by molar-refractivity contribution is 7.17. The highest BCUT2D eigenvalue weighted by Gasteiger charge is 2.19. The van der Waals surface area contributed by atoms with Crippen molar-refractivity contribution < 1.29 is 13.9 Å². The average Bonchev–Trinajstić information content (AvgIpc) is 3.10. The van der Waals surface area contributed by atoms with E-state index in [1.807, 2.05) is 10.3 Å². The van der Waals surface area contributed by atoms with Crippen LogP contribution in [0.1, 0.15) is 27.7 Å². The number of fused-ring (bicyclic) bond motifs is 1. The van der Waals surface area contributed by atoms with Crippen LogP contribution in [0, 0.1) is 17.7 Å². The largest absolute Gasteiger partial charge is 0.467 e. The van der Waals surface area contributed by atoms with Gasteiger partial charge in [0.15, 0.2) is 6.61 Å². The summed E-state index contributed by atoms with van der Waals surface area (Å²) in [6.45, 7) is 9.68. The third kappa shape index (κ3) is 5.29. The van der Waals surface area contributed by atoms with E-state index in [0.717, 1.165) is 21.3 Å². The lowest BCUT2D eigenvalue weighted by atomic mass is 10.1. The zero-order valence-electron chi connectivity index (χ0n) is 17.2. The Balaban J connectivity index is 1.83. The summed E-state index contributed by atoms with van der Waals surface area (Å²) in [5, 5.41) is 2.70. The van der Waals surface area contributed by atoms with E-state index in [0.29, 0.717) is 30.8 Å². The quantitative estimate of drug-likeness (QED) is 0.519. The van der Waals surface area contributed by atoms with E-state index in [-0.39, 0.29) is 18.3 Å². The molecule has 0 saturated carbocycles. The molecule has 29 heavy (non-hydrogen) atoms. The third-order valence-corrected chi connectivity index (χ3v) is 5.23. The van der Waals surface area contributed by atoms with Gasteiger partial charge in [-0.15, -0.1) is 11.3 Å². The number of benzene rings is 1. The number of carbonyl (C=O) groups is 1. The molecule has 154 valence electrons. The van der Waals surface area contributed by atoms with E-state index >= 15 is 0 Å². The number of hydrogen-bond acceptors (Lipinski definition) is 5. The molecule has 5 nitrogen and oxygen atoms in total. The summed E-state index contributed by atoms with van der Waals surface area (Å²) in [5.74, 6) is 0.786. The van der Waals surface area contributed by atoms with Crippen molar-refractivity contribution in [3.05, 3.63) is 41.8 Å². The minimum absolute atomic E-state index is 0.0577. The summed E-state index contributed by atoms with van der Waals surface area (Å²) in [6.07, 6.45) is 1.44. The molecule has 2 aromatic heterocycles. The van der Waals surface area contributed by atoms with Gasteiger partial charge in [0, 0.05) is 24.0 Å². The van der Waals surface area contributed by atoms with Crippen molar-refractivity contribution in [1.29, 1.82) is 0 Å². The fourth-order valence-electron chi connectivity index (χ4n) is 3.18. The van der Waals surface area contributed by atoms with Crippen LogP contribution in [-0.2, 0) is 4.79 Å². The van der Waals surface area contributed by atoms with Gasteiger partial charge in [-0.1, -0.05) is 39.8 Å². The van der Waals surface area contributed by atoms with Crippen molar-refractivity contribution in [1.82, 2.24) is 14.9 Å². The Labute approximate surface area is 174 Å². The van der Waals surface area contributed by atoms with Crippen molar-refractivity contribution >= 4 is 27.5 Å². The Kier molecular flexibility index (Phi) is 6.79. The maximum atomic E-state index is 13.3. The summed E-state index contributed by atoms with van der Waals surface area (Å²) in [4.78, 5) is 24.0. The summed E-state index contributed by atoms with van der Waals surface area (Å²) in [5.41, 5.74) is 1.72. The van der Waals surface area contributed by atoms with Crippen molar-refractivity contribution in [3.63, 3.8) is 0 Å². The van der Waals surface area contributed by atoms with Gasteiger partial charge in [-0.3, -0.25) is 4.79 Å². The smallest absolute Gasteiger partial charge is 0.260 e. The second-order valence-electron chi connectivity index (χ2n) is 7.89. The first-order valence-electron chi connectivity index (χ1n) is 9.73. The number of carbonyl (C=O) groups excluding carboxylic acids is 1. The SMILES string of the molecule is CC(C)CN(CC(C)C)C(=O)COc1ncnc2scc(-c3ccc(F)cc3)c12. The average molecular weight is 416 g/mol. The van der Waals surface area contributed by atoms with Crippen molar-refractivity contribution in [2.24, 2.45) is 11.8 Å². The lowest BCUT2D eigenvalue weighted by Crippen LogP contribution is -2.39. The van der Waals surface area contributed by atoms with Crippen LogP contribution in [0.4, 0.5) is 4.39 Å². The Hall–Kier alpha value is -2.54. The molecule has 3 aromatic rings. The Bertz CT molecular complexity index is 960. The van der Waals surface area contributed by atoms with Crippen LogP contribution in [0.15, 0.2) is 36.0 Å². The molecule has 2 heterocycles. The number of amides is 1. The second kappa shape index (κ2) is 9.31. The second-order valence-corrected chi connectivity index (χ2v) is 8.75. The molecule has 3 rings (SSSR count). The van der Waals surface area contributed by atoms with Crippen LogP contribution >= 0.6 is 11.3 Å². The maximum Gasteiger partial charge on any atom is 0.260 e. The molecule has 0 aliphatic rings. The molecule has 0 atom stereocenters. The van der Waals surface area contributed by atoms with Gasteiger partial charge < -0.3 is 9.64 Å². The van der Waals surface area contributed by atoms with E-state index in [2.05, 4.69) is 37.7 Å². The van der Waals surface area contributed by atoms with Crippen molar-refractivity contribution in [2.45, 2.75) is 27.7 Å². The van der Waals surface area contributed by atoms with Gasteiger partial charge in [-0.2, -0.15) is 0 Å². The lowest BCUT2D eigenvalue weighted by Gasteiger charge is -2.26. The topological polar surface area (TPSA) is 55.3 Å². The minimum Gasteiger partial charge on any atom is -0.467 e. The molecule has 7 heteroatoms. The van der Waals surface area contributed by atoms with Crippen LogP contribution in [-0.4, -0.2) is 40.5 Å². The van der Waals surface area contributed by atoms with E-state index in [9.17, 15) is 9.18 Å². The predicted molar refractivity (Wildman–Crippen MR) is 115 cm³/mol. The molecule has 0 radical (unpaired) electrons. The first-order chi connectivity index (χ1) is 13.8. The van der Waals surface area contributed by atoms with Gasteiger partial charge >= 0.3 is 0 Å². The van der Waals surface area contributed by atoms with Crippen LogP contribution in [0.25, 0.3) is 21.3 Å². The fraction of sp³-hybridized carbons (Fsp3) is 0.409. The Morgan fingerprint density at radius 3 is 2.38 bits per heavy atom. The molecule has 0 fully saturated rings. The Morgan fingerprint density at radius 1 is 1.10 bits per heavy atom. The Morgan fingerprint density at radius 2 is 1.76 bits per heavy atom. The molecule has 0 unspecified atom stereocenters. The highest BCUT2D eigenvalue weighted by Crippen LogP contribution is 2.37. The van der Waals surface area contributed by atoms with Crippen molar-refractivity contribution in [2.75, 3.05) is 19.7 Å². The standard InChI is InChI=1S/C22H26FN3O2S/c1-14(2)9-26(10-15(3)4)19(27)11-28-21-20-18(12-29-22(20)25-13-24-21)16-5-7-17(23)8-6-16/h5-8,12-15H,9-11H2,1-4H3. The molecule has 0 N–H and O–H groups in total. The maximum absolute atomic E-state index is 13.3. The predicted octanol–water partition coefficient (Wildman–Crippen LogP) is 5.02. The van der Waals surface area contributed by atoms with Crippen LogP contribution in [0.3, 0.4) is 0 Å². The summed E-state index contributed by atoms with van der Waals surface area (Å²) in [6, 6.07) is 6.27. The minimum atomic E-state index is -0.290. The molecule has 0 aliphatic heterocycles. The van der Waals surface area contributed by atoms with Gasteiger partial charge in [-0.05, 0) is 29.5 Å². The number of halogens is 1. The van der Waals surface area contributed by atoms with Crippen LogP contribution in [0.5, 0.6) is 5.88 Å². The molecule has 0 bridgehead atoms. The van der Waals surface area contributed by atoms with Crippen molar-refractivity contribution in [3.8, 4) is 17.0 Å². The van der Waals surface area contributed by atoms with Gasteiger partial charge in [0.05, 0.1) is 5.39 Å². The van der Waals surface area contributed by atoms with Crippen LogP contribution < -0.4 is 4.74 Å². The van der Waals surface area contributed by atoms with E-state index in [1.165, 1.54) is 29.8 Å². The zero-order chi connectivity index (χ0) is 21.0. The first-order valence-corrected chi connectivity index (χ1v) is 10.6. The number of aromatic nitrogens is 2. The number of nitrogens with zero attached hydrogens (tertiary/aromatic N) is 3. The lowest BCUT2D eigenvalue weighted by molar-refractivity contribution is -0.134. The number of ether oxygens (including phenoxy) is 1. The van der Waals surface area contributed by atoms with Gasteiger partial charge in [0.1, 0.15) is 17.0 Å². The first kappa shape index (κ1) is 21.2. The van der Waals surface area contributed by atoms with E-state index in [4.69, 9.17) is 4.74 Å². The van der Waals surface area contributed by atoms with E-state index in [1.54, 1.807) is 12.1 Å². The molecular weight excluding hydrogens is 389 g/mol. The fourth-order valence-corrected chi connectivity index (χ4v) is 4.09.